The maximum Gasteiger partial charge on any atom is 0.434 e. The third-order valence-corrected chi connectivity index (χ3v) is 7.93. The summed E-state index contributed by atoms with van der Waals surface area (Å²) in [4.78, 5) is 11.0. The zero-order valence-corrected chi connectivity index (χ0v) is 17.5. The fraction of sp³-hybridized carbons (Fsp3) is 0.333. The summed E-state index contributed by atoms with van der Waals surface area (Å²) < 4.78 is 62.0. The molecule has 2 aromatic carbocycles. The van der Waals surface area contributed by atoms with Crippen molar-refractivity contribution >= 4 is 10.0 Å². The molecule has 1 aliphatic rings. The fourth-order valence-corrected chi connectivity index (χ4v) is 6.09. The molecular weight excluding hydrogens is 428 g/mol. The van der Waals surface area contributed by atoms with Gasteiger partial charge in [-0.2, -0.15) is 4.31 Å². The highest BCUT2D eigenvalue weighted by atomic mass is 32.2. The number of nitrogens with one attached hydrogen (secondary N) is 1. The molecule has 2 heterocycles. The summed E-state index contributed by atoms with van der Waals surface area (Å²) in [6.07, 6.45) is 0.865. The van der Waals surface area contributed by atoms with E-state index in [2.05, 4.69) is 10.2 Å². The molecule has 4 rings (SSSR count). The van der Waals surface area contributed by atoms with Gasteiger partial charge in [-0.25, -0.2) is 27.1 Å². The maximum absolute atomic E-state index is 14.8. The smallest absolute Gasteiger partial charge is 0.392 e. The molecule has 10 heteroatoms. The number of benzene rings is 2. The van der Waals surface area contributed by atoms with E-state index in [1.54, 1.807) is 31.2 Å². The van der Waals surface area contributed by atoms with E-state index in [0.29, 0.717) is 18.4 Å². The van der Waals surface area contributed by atoms with E-state index >= 15 is 0 Å². The SMILES string of the molecule is C[C@H]1CC[C@H](c2ccccc2)S(=O)(=O)N1Cc1cc(F)c(Cc2n[nH]c(=O)o2)cc1F. The van der Waals surface area contributed by atoms with Gasteiger partial charge in [0.1, 0.15) is 16.9 Å². The summed E-state index contributed by atoms with van der Waals surface area (Å²) in [5.41, 5.74) is 0.573. The summed E-state index contributed by atoms with van der Waals surface area (Å²) in [6.45, 7) is 1.49. The molecule has 0 amide bonds. The first kappa shape index (κ1) is 21.4. The van der Waals surface area contributed by atoms with Crippen LogP contribution in [0.3, 0.4) is 0 Å². The average Bonchev–Trinajstić information content (AvgIpc) is 3.13. The molecule has 164 valence electrons. The van der Waals surface area contributed by atoms with Gasteiger partial charge in [0.2, 0.25) is 15.9 Å². The molecular formula is C21H21F2N3O4S. The number of aromatic nitrogens is 2. The van der Waals surface area contributed by atoms with E-state index in [1.165, 1.54) is 4.31 Å². The Morgan fingerprint density at radius 1 is 1.13 bits per heavy atom. The van der Waals surface area contributed by atoms with E-state index < -0.39 is 32.7 Å². The summed E-state index contributed by atoms with van der Waals surface area (Å²) in [5.74, 6) is -2.33. The van der Waals surface area contributed by atoms with Crippen molar-refractivity contribution in [3.05, 3.63) is 87.2 Å². The van der Waals surface area contributed by atoms with Crippen molar-refractivity contribution in [2.24, 2.45) is 0 Å². The van der Waals surface area contributed by atoms with Gasteiger partial charge in [-0.15, -0.1) is 5.10 Å². The number of hydrogen-bond donors (Lipinski definition) is 1. The number of rotatable bonds is 5. The second-order valence-corrected chi connectivity index (χ2v) is 9.70. The van der Waals surface area contributed by atoms with Gasteiger partial charge >= 0.3 is 5.76 Å². The zero-order chi connectivity index (χ0) is 22.2. The van der Waals surface area contributed by atoms with Gasteiger partial charge in [0, 0.05) is 23.7 Å². The molecule has 2 atom stereocenters. The van der Waals surface area contributed by atoms with Crippen LogP contribution in [0.15, 0.2) is 51.7 Å². The molecule has 0 aliphatic carbocycles. The van der Waals surface area contributed by atoms with E-state index in [0.717, 1.165) is 12.1 Å². The molecule has 0 bridgehead atoms. The molecule has 1 aromatic heterocycles. The zero-order valence-electron chi connectivity index (χ0n) is 16.7. The Hall–Kier alpha value is -2.85. The second-order valence-electron chi connectivity index (χ2n) is 7.63. The first-order valence-electron chi connectivity index (χ1n) is 9.82. The summed E-state index contributed by atoms with van der Waals surface area (Å²) in [7, 11) is -3.77. The van der Waals surface area contributed by atoms with Crippen molar-refractivity contribution in [1.82, 2.24) is 14.5 Å². The molecule has 0 saturated carbocycles. The molecule has 7 nitrogen and oxygen atoms in total. The number of halogens is 2. The van der Waals surface area contributed by atoms with Crippen LogP contribution in [0.2, 0.25) is 0 Å². The Balaban J connectivity index is 1.61. The van der Waals surface area contributed by atoms with Crippen LogP contribution in [0, 0.1) is 11.6 Å². The van der Waals surface area contributed by atoms with Gasteiger partial charge in [0.05, 0.1) is 6.42 Å². The van der Waals surface area contributed by atoms with Gasteiger partial charge in [0.15, 0.2) is 0 Å². The maximum atomic E-state index is 14.8. The van der Waals surface area contributed by atoms with Crippen LogP contribution < -0.4 is 5.76 Å². The van der Waals surface area contributed by atoms with Crippen molar-refractivity contribution in [3.63, 3.8) is 0 Å². The fourth-order valence-electron chi connectivity index (χ4n) is 3.90. The van der Waals surface area contributed by atoms with Gasteiger partial charge < -0.3 is 4.42 Å². The minimum absolute atomic E-state index is 0.0480. The third kappa shape index (κ3) is 4.31. The Morgan fingerprint density at radius 3 is 2.48 bits per heavy atom. The molecule has 1 fully saturated rings. The molecule has 1 saturated heterocycles. The minimum Gasteiger partial charge on any atom is -0.392 e. The van der Waals surface area contributed by atoms with Crippen molar-refractivity contribution in [3.8, 4) is 0 Å². The summed E-state index contributed by atoms with van der Waals surface area (Å²) in [6, 6.07) is 10.5. The van der Waals surface area contributed by atoms with Crippen molar-refractivity contribution < 1.29 is 21.6 Å². The van der Waals surface area contributed by atoms with E-state index in [4.69, 9.17) is 4.42 Å². The molecule has 1 aliphatic heterocycles. The molecule has 3 aromatic rings. The Labute approximate surface area is 177 Å². The highest BCUT2D eigenvalue weighted by Gasteiger charge is 2.40. The Bertz CT molecular complexity index is 1240. The van der Waals surface area contributed by atoms with Gasteiger partial charge in [-0.1, -0.05) is 30.3 Å². The van der Waals surface area contributed by atoms with Crippen molar-refractivity contribution in [2.75, 3.05) is 0 Å². The van der Waals surface area contributed by atoms with Crippen LogP contribution in [0.1, 0.15) is 47.6 Å². The Kier molecular flexibility index (Phi) is 5.76. The third-order valence-electron chi connectivity index (χ3n) is 5.56. The minimum atomic E-state index is -3.77. The lowest BCUT2D eigenvalue weighted by Crippen LogP contribution is -2.44. The highest BCUT2D eigenvalue weighted by Crippen LogP contribution is 2.38. The predicted molar refractivity (Wildman–Crippen MR) is 109 cm³/mol. The first-order chi connectivity index (χ1) is 14.8. The van der Waals surface area contributed by atoms with Crippen LogP contribution in [-0.2, 0) is 23.0 Å². The number of H-pyrrole nitrogens is 1. The first-order valence-corrected chi connectivity index (χ1v) is 11.3. The van der Waals surface area contributed by atoms with Crippen LogP contribution in [0.25, 0.3) is 0 Å². The molecule has 31 heavy (non-hydrogen) atoms. The second kappa shape index (κ2) is 8.35. The summed E-state index contributed by atoms with van der Waals surface area (Å²) >= 11 is 0. The topological polar surface area (TPSA) is 96.3 Å². The number of hydrogen-bond acceptors (Lipinski definition) is 5. The predicted octanol–water partition coefficient (Wildman–Crippen LogP) is 3.29. The molecule has 0 radical (unpaired) electrons. The normalized spacial score (nSPS) is 21.3. The Morgan fingerprint density at radius 2 is 1.81 bits per heavy atom. The van der Waals surface area contributed by atoms with Gasteiger partial charge in [-0.05, 0) is 37.5 Å². The van der Waals surface area contributed by atoms with E-state index in [9.17, 15) is 22.0 Å². The quantitative estimate of drug-likeness (QED) is 0.645. The number of aromatic amines is 1. The van der Waals surface area contributed by atoms with Crippen LogP contribution in [0.4, 0.5) is 8.78 Å². The monoisotopic (exact) mass is 449 g/mol. The number of sulfonamides is 1. The molecule has 1 N–H and O–H groups in total. The van der Waals surface area contributed by atoms with Crippen LogP contribution in [0.5, 0.6) is 0 Å². The lowest BCUT2D eigenvalue weighted by molar-refractivity contribution is 0.278. The number of nitrogens with zero attached hydrogens (tertiary/aromatic N) is 2. The average molecular weight is 449 g/mol. The standard InChI is InChI=1S/C21H21F2N3O4S/c1-13-7-8-19(14-5-3-2-4-6-14)31(28,29)26(13)12-16-10-17(22)15(9-18(16)23)11-20-24-25-21(27)30-20/h2-6,9-10,13,19H,7-8,11-12H2,1H3,(H,25,27)/t13-,19+/m0/s1. The molecule has 0 unspecified atom stereocenters. The largest absolute Gasteiger partial charge is 0.434 e. The molecule has 0 spiro atoms. The lowest BCUT2D eigenvalue weighted by atomic mass is 10.0. The van der Waals surface area contributed by atoms with Crippen molar-refractivity contribution in [1.29, 1.82) is 0 Å². The van der Waals surface area contributed by atoms with E-state index in [1.807, 2.05) is 6.07 Å². The van der Waals surface area contributed by atoms with Crippen LogP contribution in [-0.4, -0.2) is 29.0 Å². The van der Waals surface area contributed by atoms with E-state index in [-0.39, 0.29) is 36.0 Å². The van der Waals surface area contributed by atoms with Gasteiger partial charge in [0.25, 0.3) is 0 Å². The van der Waals surface area contributed by atoms with Crippen LogP contribution >= 0.6 is 0 Å². The van der Waals surface area contributed by atoms with Crippen molar-refractivity contribution in [2.45, 2.75) is 44.0 Å². The summed E-state index contributed by atoms with van der Waals surface area (Å²) in [5, 5.41) is 4.92. The van der Waals surface area contributed by atoms with Gasteiger partial charge in [-0.3, -0.25) is 0 Å². The highest BCUT2D eigenvalue weighted by molar-refractivity contribution is 7.89. The lowest BCUT2D eigenvalue weighted by Gasteiger charge is -2.37.